The number of anilines is 1. The summed E-state index contributed by atoms with van der Waals surface area (Å²) in [4.78, 5) is 54.3. The number of aliphatic imine (C=N–C) groups is 1. The van der Waals surface area contributed by atoms with Crippen molar-refractivity contribution < 1.29 is 5.11 Å². The van der Waals surface area contributed by atoms with Crippen LogP contribution in [-0.4, -0.2) is 69.0 Å². The molecular formula is C27H25N7O4. The molecule has 0 spiro atoms. The van der Waals surface area contributed by atoms with Crippen LogP contribution in [0.3, 0.4) is 0 Å². The van der Waals surface area contributed by atoms with E-state index in [9.17, 15) is 19.5 Å². The summed E-state index contributed by atoms with van der Waals surface area (Å²) in [6.45, 7) is 3.25. The molecule has 6 rings (SSSR count). The quantitative estimate of drug-likeness (QED) is 0.272. The first kappa shape index (κ1) is 23.5. The second-order valence-electron chi connectivity index (χ2n) is 9.34. The summed E-state index contributed by atoms with van der Waals surface area (Å²) < 4.78 is 1.07. The Morgan fingerprint density at radius 1 is 0.868 bits per heavy atom. The van der Waals surface area contributed by atoms with Crippen molar-refractivity contribution in [3.05, 3.63) is 91.5 Å². The van der Waals surface area contributed by atoms with Gasteiger partial charge in [0, 0.05) is 37.8 Å². The summed E-state index contributed by atoms with van der Waals surface area (Å²) in [7, 11) is 2.06. The third kappa shape index (κ3) is 4.08. The van der Waals surface area contributed by atoms with Crippen LogP contribution < -0.4 is 21.8 Å². The third-order valence-corrected chi connectivity index (χ3v) is 6.92. The minimum Gasteiger partial charge on any atom is -0.493 e. The fraction of sp³-hybridized carbons (Fsp3) is 0.185. The SMILES string of the molecule is CN1CCN(c2cc3[nH]c(=O)[nH]c3cc2N=Cc2c(O)n(-c3cccc4ccccc34)c(=O)[nH]c2=O)CC1. The predicted molar refractivity (Wildman–Crippen MR) is 148 cm³/mol. The minimum absolute atomic E-state index is 0.162. The Labute approximate surface area is 215 Å². The van der Waals surface area contributed by atoms with Crippen LogP contribution >= 0.6 is 0 Å². The molecule has 0 atom stereocenters. The highest BCUT2D eigenvalue weighted by Crippen LogP contribution is 2.33. The van der Waals surface area contributed by atoms with Crippen molar-refractivity contribution in [1.29, 1.82) is 0 Å². The van der Waals surface area contributed by atoms with Crippen molar-refractivity contribution in [2.75, 3.05) is 38.1 Å². The molecule has 5 aromatic rings. The fourth-order valence-corrected chi connectivity index (χ4v) is 4.88. The molecule has 0 amide bonds. The summed E-state index contributed by atoms with van der Waals surface area (Å²) in [5, 5.41) is 12.8. The number of nitrogens with one attached hydrogen (secondary N) is 3. The number of aromatic amines is 3. The van der Waals surface area contributed by atoms with Gasteiger partial charge in [0.15, 0.2) is 0 Å². The van der Waals surface area contributed by atoms with E-state index in [0.29, 0.717) is 22.4 Å². The number of rotatable bonds is 4. The zero-order valence-electron chi connectivity index (χ0n) is 20.6. The molecule has 1 fully saturated rings. The van der Waals surface area contributed by atoms with Crippen LogP contribution in [0.25, 0.3) is 27.5 Å². The summed E-state index contributed by atoms with van der Waals surface area (Å²) >= 11 is 0. The molecule has 4 N–H and O–H groups in total. The summed E-state index contributed by atoms with van der Waals surface area (Å²) in [6, 6.07) is 16.4. The topological polar surface area (TPSA) is 143 Å². The zero-order valence-corrected chi connectivity index (χ0v) is 20.6. The van der Waals surface area contributed by atoms with Crippen LogP contribution in [0.5, 0.6) is 5.88 Å². The zero-order chi connectivity index (χ0) is 26.4. The van der Waals surface area contributed by atoms with Gasteiger partial charge in [-0.15, -0.1) is 0 Å². The summed E-state index contributed by atoms with van der Waals surface area (Å²) in [5.74, 6) is -0.517. The Morgan fingerprint density at radius 2 is 1.58 bits per heavy atom. The second-order valence-corrected chi connectivity index (χ2v) is 9.34. The van der Waals surface area contributed by atoms with Crippen LogP contribution in [0.15, 0.2) is 74.0 Å². The normalized spacial score (nSPS) is 14.7. The number of aromatic hydroxyl groups is 1. The van der Waals surface area contributed by atoms with Crippen LogP contribution in [0.2, 0.25) is 0 Å². The molecule has 0 aliphatic carbocycles. The van der Waals surface area contributed by atoms with Gasteiger partial charge in [-0.25, -0.2) is 14.2 Å². The minimum atomic E-state index is -0.759. The second kappa shape index (κ2) is 9.20. The van der Waals surface area contributed by atoms with Crippen LogP contribution in [0.4, 0.5) is 11.4 Å². The molecule has 38 heavy (non-hydrogen) atoms. The predicted octanol–water partition coefficient (Wildman–Crippen LogP) is 2.06. The van der Waals surface area contributed by atoms with E-state index in [0.717, 1.165) is 47.2 Å². The van der Waals surface area contributed by atoms with Gasteiger partial charge in [-0.05, 0) is 30.6 Å². The number of H-pyrrole nitrogens is 3. The number of hydrogen-bond donors (Lipinski definition) is 4. The Hall–Kier alpha value is -4.90. The number of likely N-dealkylation sites (N-methyl/N-ethyl adjacent to an activating group) is 1. The van der Waals surface area contributed by atoms with Gasteiger partial charge >= 0.3 is 11.4 Å². The molecule has 192 valence electrons. The smallest absolute Gasteiger partial charge is 0.335 e. The van der Waals surface area contributed by atoms with Gasteiger partial charge in [-0.1, -0.05) is 36.4 Å². The molecule has 0 radical (unpaired) electrons. The van der Waals surface area contributed by atoms with Gasteiger partial charge in [0.05, 0.1) is 28.1 Å². The number of imidazole rings is 1. The van der Waals surface area contributed by atoms with E-state index in [-0.39, 0.29) is 11.3 Å². The Balaban J connectivity index is 1.49. The largest absolute Gasteiger partial charge is 0.493 e. The molecule has 11 heteroatoms. The molecule has 1 aliphatic heterocycles. The average Bonchev–Trinajstić information content (AvgIpc) is 3.27. The van der Waals surface area contributed by atoms with E-state index in [1.165, 1.54) is 6.21 Å². The van der Waals surface area contributed by atoms with Crippen LogP contribution in [0.1, 0.15) is 5.56 Å². The highest BCUT2D eigenvalue weighted by atomic mass is 16.3. The van der Waals surface area contributed by atoms with E-state index in [1.54, 1.807) is 18.2 Å². The third-order valence-electron chi connectivity index (χ3n) is 6.92. The van der Waals surface area contributed by atoms with Gasteiger partial charge in [-0.3, -0.25) is 14.8 Å². The van der Waals surface area contributed by atoms with E-state index in [2.05, 4.69) is 36.8 Å². The Morgan fingerprint density at radius 3 is 2.37 bits per heavy atom. The van der Waals surface area contributed by atoms with Gasteiger partial charge in [0.25, 0.3) is 5.56 Å². The number of piperazine rings is 1. The molecule has 0 saturated carbocycles. The van der Waals surface area contributed by atoms with E-state index in [4.69, 9.17) is 0 Å². The fourth-order valence-electron chi connectivity index (χ4n) is 4.88. The van der Waals surface area contributed by atoms with Gasteiger partial charge < -0.3 is 24.9 Å². The van der Waals surface area contributed by atoms with Crippen molar-refractivity contribution >= 4 is 39.4 Å². The lowest BCUT2D eigenvalue weighted by Gasteiger charge is -2.34. The molecule has 1 saturated heterocycles. The summed E-state index contributed by atoms with van der Waals surface area (Å²) in [5.41, 5.74) is 0.934. The molecular weight excluding hydrogens is 486 g/mol. The molecule has 0 unspecified atom stereocenters. The van der Waals surface area contributed by atoms with Crippen molar-refractivity contribution in [2.45, 2.75) is 0 Å². The van der Waals surface area contributed by atoms with Crippen LogP contribution in [-0.2, 0) is 0 Å². The molecule has 3 aromatic carbocycles. The number of fused-ring (bicyclic) bond motifs is 2. The maximum absolute atomic E-state index is 12.8. The van der Waals surface area contributed by atoms with Gasteiger partial charge in [-0.2, -0.15) is 0 Å². The van der Waals surface area contributed by atoms with Crippen LogP contribution in [0, 0.1) is 0 Å². The van der Waals surface area contributed by atoms with Crippen molar-refractivity contribution in [1.82, 2.24) is 24.4 Å². The Bertz CT molecular complexity index is 1880. The standard InChI is InChI=1S/C27H25N7O4/c1-32-9-11-33(12-10-32)23-14-20-19(29-26(37)30-20)13-21(23)28-15-18-24(35)31-27(38)34(25(18)36)22-8-4-6-16-5-2-3-7-17(16)22/h2-8,13-15,36H,9-12H2,1H3,(H2,29,30,37)(H,31,35,38). The number of hydrogen-bond acceptors (Lipinski definition) is 7. The van der Waals surface area contributed by atoms with E-state index < -0.39 is 17.1 Å². The molecule has 11 nitrogen and oxygen atoms in total. The number of aromatic nitrogens is 4. The average molecular weight is 512 g/mol. The molecule has 0 bridgehead atoms. The van der Waals surface area contributed by atoms with Gasteiger partial charge in [0.2, 0.25) is 5.88 Å². The van der Waals surface area contributed by atoms with Crippen molar-refractivity contribution in [3.8, 4) is 11.6 Å². The van der Waals surface area contributed by atoms with E-state index >= 15 is 0 Å². The molecule has 2 aromatic heterocycles. The van der Waals surface area contributed by atoms with Crippen molar-refractivity contribution in [2.24, 2.45) is 4.99 Å². The molecule has 3 heterocycles. The maximum atomic E-state index is 12.8. The summed E-state index contributed by atoms with van der Waals surface area (Å²) in [6.07, 6.45) is 1.25. The first-order valence-electron chi connectivity index (χ1n) is 12.2. The van der Waals surface area contributed by atoms with E-state index in [1.807, 2.05) is 36.4 Å². The number of nitrogens with zero attached hydrogens (tertiary/aromatic N) is 4. The lowest BCUT2D eigenvalue weighted by Crippen LogP contribution is -2.44. The molecule has 1 aliphatic rings. The monoisotopic (exact) mass is 511 g/mol. The first-order valence-corrected chi connectivity index (χ1v) is 12.2. The lowest BCUT2D eigenvalue weighted by molar-refractivity contribution is 0.313. The number of benzene rings is 3. The first-order chi connectivity index (χ1) is 18.4. The van der Waals surface area contributed by atoms with Crippen molar-refractivity contribution in [3.63, 3.8) is 0 Å². The Kier molecular flexibility index (Phi) is 5.69. The maximum Gasteiger partial charge on any atom is 0.335 e. The van der Waals surface area contributed by atoms with Gasteiger partial charge in [0.1, 0.15) is 5.56 Å². The highest BCUT2D eigenvalue weighted by molar-refractivity contribution is 5.93. The highest BCUT2D eigenvalue weighted by Gasteiger charge is 2.20. The lowest BCUT2D eigenvalue weighted by atomic mass is 10.1.